The van der Waals surface area contributed by atoms with Crippen LogP contribution in [0.15, 0.2) is 12.1 Å². The number of nitrogens with zero attached hydrogens (tertiary/aromatic N) is 2. The smallest absolute Gasteiger partial charge is 0.227 e. The number of amides is 2. The molecule has 0 aliphatic carbocycles. The summed E-state index contributed by atoms with van der Waals surface area (Å²) in [5.74, 6) is 1.07. The molecule has 0 spiro atoms. The molecule has 0 atom stereocenters. The zero-order chi connectivity index (χ0) is 17.7. The molecule has 1 aliphatic rings. The Morgan fingerprint density at radius 1 is 1.04 bits per heavy atom. The molecule has 5 nitrogen and oxygen atoms in total. The molecule has 2 amide bonds. The normalized spacial score (nSPS) is 15.2. The van der Waals surface area contributed by atoms with Gasteiger partial charge < -0.3 is 14.5 Å². The molecule has 1 saturated heterocycles. The first-order chi connectivity index (χ1) is 11.5. The van der Waals surface area contributed by atoms with E-state index in [1.54, 1.807) is 7.11 Å². The zero-order valence-electron chi connectivity index (χ0n) is 15.2. The first-order valence-corrected chi connectivity index (χ1v) is 8.66. The summed E-state index contributed by atoms with van der Waals surface area (Å²) >= 11 is 0. The van der Waals surface area contributed by atoms with E-state index in [1.165, 1.54) is 0 Å². The molecule has 0 aromatic heterocycles. The van der Waals surface area contributed by atoms with E-state index in [0.29, 0.717) is 32.5 Å². The quantitative estimate of drug-likeness (QED) is 0.850. The molecule has 1 aromatic carbocycles. The molecule has 0 N–H and O–H groups in total. The molecule has 2 rings (SSSR count). The van der Waals surface area contributed by atoms with Gasteiger partial charge in [-0.1, -0.05) is 24.6 Å². The number of aryl methyl sites for hydroxylation is 2. The van der Waals surface area contributed by atoms with Crippen LogP contribution >= 0.6 is 0 Å². The minimum Gasteiger partial charge on any atom is -0.496 e. The van der Waals surface area contributed by atoms with Crippen molar-refractivity contribution >= 4 is 11.8 Å². The third-order valence-corrected chi connectivity index (χ3v) is 4.55. The minimum atomic E-state index is 0.101. The van der Waals surface area contributed by atoms with E-state index in [2.05, 4.69) is 6.07 Å². The van der Waals surface area contributed by atoms with Crippen molar-refractivity contribution in [3.63, 3.8) is 0 Å². The number of hydrogen-bond donors (Lipinski definition) is 0. The van der Waals surface area contributed by atoms with Gasteiger partial charge in [-0.3, -0.25) is 9.59 Å². The fourth-order valence-corrected chi connectivity index (χ4v) is 3.38. The summed E-state index contributed by atoms with van der Waals surface area (Å²) in [5.41, 5.74) is 3.12. The number of hydrogen-bond acceptors (Lipinski definition) is 3. The fraction of sp³-hybridized carbons (Fsp3) is 0.579. The summed E-state index contributed by atoms with van der Waals surface area (Å²) in [5, 5.41) is 0. The number of methoxy groups -OCH3 is 1. The van der Waals surface area contributed by atoms with E-state index in [1.807, 2.05) is 36.6 Å². The van der Waals surface area contributed by atoms with E-state index in [0.717, 1.165) is 35.4 Å². The Morgan fingerprint density at radius 2 is 1.67 bits per heavy atom. The van der Waals surface area contributed by atoms with Crippen LogP contribution < -0.4 is 4.74 Å². The number of benzene rings is 1. The molecular weight excluding hydrogens is 304 g/mol. The first kappa shape index (κ1) is 18.3. The van der Waals surface area contributed by atoms with Crippen LogP contribution in [0, 0.1) is 13.8 Å². The molecule has 1 aliphatic heterocycles. The number of rotatable bonds is 4. The van der Waals surface area contributed by atoms with Crippen molar-refractivity contribution in [2.24, 2.45) is 0 Å². The minimum absolute atomic E-state index is 0.101. The van der Waals surface area contributed by atoms with Gasteiger partial charge in [0, 0.05) is 38.2 Å². The highest BCUT2D eigenvalue weighted by atomic mass is 16.5. The van der Waals surface area contributed by atoms with Gasteiger partial charge in [-0.15, -0.1) is 0 Å². The highest BCUT2D eigenvalue weighted by Gasteiger charge is 2.22. The third-order valence-electron chi connectivity index (χ3n) is 4.55. The monoisotopic (exact) mass is 332 g/mol. The number of ether oxygens (including phenoxy) is 1. The lowest BCUT2D eigenvalue weighted by Crippen LogP contribution is -2.37. The Balaban J connectivity index is 2.06. The molecule has 0 saturated carbocycles. The van der Waals surface area contributed by atoms with Crippen molar-refractivity contribution < 1.29 is 14.3 Å². The molecule has 24 heavy (non-hydrogen) atoms. The molecule has 0 bridgehead atoms. The second-order valence-corrected chi connectivity index (χ2v) is 6.42. The zero-order valence-corrected chi connectivity index (χ0v) is 15.2. The first-order valence-electron chi connectivity index (χ1n) is 8.66. The molecule has 1 heterocycles. The summed E-state index contributed by atoms with van der Waals surface area (Å²) in [6.45, 7) is 8.59. The van der Waals surface area contributed by atoms with Crippen LogP contribution in [-0.2, 0) is 16.0 Å². The summed E-state index contributed by atoms with van der Waals surface area (Å²) in [7, 11) is 1.64. The molecular formula is C19H28N2O3. The van der Waals surface area contributed by atoms with Crippen molar-refractivity contribution in [3.8, 4) is 5.75 Å². The van der Waals surface area contributed by atoms with Crippen LogP contribution in [0.1, 0.15) is 36.5 Å². The Labute approximate surface area is 144 Å². The van der Waals surface area contributed by atoms with Crippen LogP contribution in [0.3, 0.4) is 0 Å². The van der Waals surface area contributed by atoms with Crippen LogP contribution in [0.5, 0.6) is 5.75 Å². The van der Waals surface area contributed by atoms with Crippen molar-refractivity contribution in [2.75, 3.05) is 33.3 Å². The van der Waals surface area contributed by atoms with Crippen molar-refractivity contribution in [3.05, 3.63) is 28.8 Å². The van der Waals surface area contributed by atoms with Gasteiger partial charge in [-0.05, 0) is 25.8 Å². The lowest BCUT2D eigenvalue weighted by Gasteiger charge is -2.22. The van der Waals surface area contributed by atoms with Gasteiger partial charge in [0.15, 0.2) is 0 Å². The van der Waals surface area contributed by atoms with E-state index in [4.69, 9.17) is 4.74 Å². The summed E-state index contributed by atoms with van der Waals surface area (Å²) in [4.78, 5) is 28.3. The summed E-state index contributed by atoms with van der Waals surface area (Å²) in [6, 6.07) is 4.08. The van der Waals surface area contributed by atoms with Gasteiger partial charge in [0.1, 0.15) is 5.75 Å². The van der Waals surface area contributed by atoms with Gasteiger partial charge in [0.25, 0.3) is 0 Å². The van der Waals surface area contributed by atoms with Crippen LogP contribution in [-0.4, -0.2) is 54.9 Å². The summed E-state index contributed by atoms with van der Waals surface area (Å²) < 4.78 is 5.48. The second kappa shape index (κ2) is 8.18. The fourth-order valence-electron chi connectivity index (χ4n) is 3.38. The van der Waals surface area contributed by atoms with E-state index < -0.39 is 0 Å². The highest BCUT2D eigenvalue weighted by molar-refractivity contribution is 5.80. The Bertz CT molecular complexity index is 613. The second-order valence-electron chi connectivity index (χ2n) is 6.42. The van der Waals surface area contributed by atoms with Crippen LogP contribution in [0.4, 0.5) is 0 Å². The molecule has 0 unspecified atom stereocenters. The SMILES string of the molecule is CCC(=O)N1CCCN(C(=O)Cc2cc(C)cc(C)c2OC)CC1. The molecule has 1 aromatic rings. The van der Waals surface area contributed by atoms with Gasteiger partial charge in [0.05, 0.1) is 13.5 Å². The average molecular weight is 332 g/mol. The largest absolute Gasteiger partial charge is 0.496 e. The van der Waals surface area contributed by atoms with Gasteiger partial charge in [-0.25, -0.2) is 0 Å². The Hall–Kier alpha value is -2.04. The maximum Gasteiger partial charge on any atom is 0.227 e. The van der Waals surface area contributed by atoms with Crippen molar-refractivity contribution in [1.29, 1.82) is 0 Å². The van der Waals surface area contributed by atoms with Gasteiger partial charge in [0.2, 0.25) is 11.8 Å². The van der Waals surface area contributed by atoms with E-state index in [-0.39, 0.29) is 11.8 Å². The molecule has 0 radical (unpaired) electrons. The topological polar surface area (TPSA) is 49.9 Å². The van der Waals surface area contributed by atoms with E-state index >= 15 is 0 Å². The number of carbonyl (C=O) groups excluding carboxylic acids is 2. The maximum atomic E-state index is 12.7. The van der Waals surface area contributed by atoms with Crippen LogP contribution in [0.25, 0.3) is 0 Å². The highest BCUT2D eigenvalue weighted by Crippen LogP contribution is 2.26. The van der Waals surface area contributed by atoms with Crippen molar-refractivity contribution in [2.45, 2.75) is 40.0 Å². The average Bonchev–Trinajstić information content (AvgIpc) is 2.80. The predicted molar refractivity (Wildman–Crippen MR) is 94.2 cm³/mol. The van der Waals surface area contributed by atoms with Gasteiger partial charge >= 0.3 is 0 Å². The molecule has 132 valence electrons. The standard InChI is InChI=1S/C19H28N2O3/c1-5-17(22)20-7-6-8-21(10-9-20)18(23)13-16-12-14(2)11-15(3)19(16)24-4/h11-12H,5-10,13H2,1-4H3. The molecule has 1 fully saturated rings. The lowest BCUT2D eigenvalue weighted by molar-refractivity contribution is -0.133. The third kappa shape index (κ3) is 4.28. The predicted octanol–water partition coefficient (Wildman–Crippen LogP) is 2.33. The molecule has 5 heteroatoms. The summed E-state index contributed by atoms with van der Waals surface area (Å²) in [6.07, 6.45) is 1.70. The van der Waals surface area contributed by atoms with Crippen LogP contribution in [0.2, 0.25) is 0 Å². The Kier molecular flexibility index (Phi) is 6.23. The number of carbonyl (C=O) groups is 2. The Morgan fingerprint density at radius 3 is 2.25 bits per heavy atom. The van der Waals surface area contributed by atoms with Crippen molar-refractivity contribution in [1.82, 2.24) is 9.80 Å². The maximum absolute atomic E-state index is 12.7. The van der Waals surface area contributed by atoms with E-state index in [9.17, 15) is 9.59 Å². The lowest BCUT2D eigenvalue weighted by atomic mass is 10.0. The van der Waals surface area contributed by atoms with Gasteiger partial charge in [-0.2, -0.15) is 0 Å².